The van der Waals surface area contributed by atoms with Gasteiger partial charge in [-0.25, -0.2) is 0 Å². The van der Waals surface area contributed by atoms with Crippen molar-refractivity contribution in [1.29, 1.82) is 0 Å². The summed E-state index contributed by atoms with van der Waals surface area (Å²) in [5.74, 6) is 1.50. The van der Waals surface area contributed by atoms with Crippen LogP contribution in [0.2, 0.25) is 0 Å². The maximum absolute atomic E-state index is 5.88. The van der Waals surface area contributed by atoms with Crippen LogP contribution in [0.15, 0.2) is 18.2 Å². The number of nitrogens with one attached hydrogen (secondary N) is 1. The van der Waals surface area contributed by atoms with E-state index in [4.69, 9.17) is 10.5 Å². The number of benzene rings is 1. The van der Waals surface area contributed by atoms with Crippen molar-refractivity contribution in [1.82, 2.24) is 0 Å². The molecule has 20 heavy (non-hydrogen) atoms. The van der Waals surface area contributed by atoms with E-state index in [1.165, 1.54) is 24.8 Å². The van der Waals surface area contributed by atoms with Crippen molar-refractivity contribution in [2.75, 3.05) is 19.0 Å². The number of methoxy groups -OCH3 is 1. The van der Waals surface area contributed by atoms with Crippen molar-refractivity contribution in [2.45, 2.75) is 51.5 Å². The van der Waals surface area contributed by atoms with Gasteiger partial charge in [0.25, 0.3) is 0 Å². The monoisotopic (exact) mass is 276 g/mol. The van der Waals surface area contributed by atoms with Gasteiger partial charge in [0.05, 0.1) is 12.8 Å². The number of anilines is 1. The predicted molar refractivity (Wildman–Crippen MR) is 85.5 cm³/mol. The van der Waals surface area contributed by atoms with Gasteiger partial charge in [-0.1, -0.05) is 33.3 Å². The summed E-state index contributed by atoms with van der Waals surface area (Å²) in [7, 11) is 1.73. The minimum absolute atomic E-state index is 0.144. The minimum Gasteiger partial charge on any atom is -0.495 e. The van der Waals surface area contributed by atoms with E-state index in [0.717, 1.165) is 18.0 Å². The Morgan fingerprint density at radius 1 is 1.30 bits per heavy atom. The zero-order valence-electron chi connectivity index (χ0n) is 13.2. The highest BCUT2D eigenvalue weighted by Gasteiger charge is 2.27. The molecule has 1 saturated carbocycles. The summed E-state index contributed by atoms with van der Waals surface area (Å²) in [6.45, 7) is 7.46. The van der Waals surface area contributed by atoms with Gasteiger partial charge in [0.1, 0.15) is 5.75 Å². The highest BCUT2D eigenvalue weighted by molar-refractivity contribution is 5.59. The molecule has 2 rings (SSSR count). The second-order valence-electron chi connectivity index (χ2n) is 6.84. The van der Waals surface area contributed by atoms with Gasteiger partial charge < -0.3 is 15.8 Å². The van der Waals surface area contributed by atoms with E-state index in [2.05, 4.69) is 44.3 Å². The molecule has 1 fully saturated rings. The number of ether oxygens (including phenoxy) is 1. The third-order valence-electron chi connectivity index (χ3n) is 4.37. The molecule has 3 nitrogen and oxygen atoms in total. The summed E-state index contributed by atoms with van der Waals surface area (Å²) in [5.41, 5.74) is 8.45. The first-order valence-corrected chi connectivity index (χ1v) is 7.61. The van der Waals surface area contributed by atoms with Crippen LogP contribution in [-0.4, -0.2) is 19.7 Å². The highest BCUT2D eigenvalue weighted by atomic mass is 16.5. The second kappa shape index (κ2) is 6.04. The highest BCUT2D eigenvalue weighted by Crippen LogP contribution is 2.35. The standard InChI is InChI=1S/C17H28N2O/c1-17(2,3)13-8-9-16(20-4)15(10-13)19-14-7-5-6-12(14)11-18/h8-10,12,14,19H,5-7,11,18H2,1-4H3. The minimum atomic E-state index is 0.144. The van der Waals surface area contributed by atoms with E-state index in [-0.39, 0.29) is 5.41 Å². The molecular formula is C17H28N2O. The van der Waals surface area contributed by atoms with Crippen LogP contribution in [0.5, 0.6) is 5.75 Å². The lowest BCUT2D eigenvalue weighted by Gasteiger charge is -2.25. The lowest BCUT2D eigenvalue weighted by Crippen LogP contribution is -2.29. The topological polar surface area (TPSA) is 47.3 Å². The Balaban J connectivity index is 2.24. The van der Waals surface area contributed by atoms with Crippen molar-refractivity contribution >= 4 is 5.69 Å². The van der Waals surface area contributed by atoms with Crippen molar-refractivity contribution in [3.63, 3.8) is 0 Å². The molecule has 0 aliphatic heterocycles. The molecule has 0 bridgehead atoms. The van der Waals surface area contributed by atoms with Crippen LogP contribution in [0.4, 0.5) is 5.69 Å². The van der Waals surface area contributed by atoms with Crippen LogP contribution in [0, 0.1) is 5.92 Å². The fourth-order valence-corrected chi connectivity index (χ4v) is 3.00. The van der Waals surface area contributed by atoms with Crippen LogP contribution in [0.3, 0.4) is 0 Å². The molecule has 2 unspecified atom stereocenters. The lowest BCUT2D eigenvalue weighted by molar-refractivity contribution is 0.414. The van der Waals surface area contributed by atoms with Crippen LogP contribution >= 0.6 is 0 Å². The van der Waals surface area contributed by atoms with E-state index in [0.29, 0.717) is 12.0 Å². The molecule has 0 amide bonds. The molecule has 0 spiro atoms. The third-order valence-corrected chi connectivity index (χ3v) is 4.37. The van der Waals surface area contributed by atoms with Gasteiger partial charge in [0.2, 0.25) is 0 Å². The normalized spacial score (nSPS) is 22.9. The van der Waals surface area contributed by atoms with Crippen LogP contribution < -0.4 is 15.8 Å². The van der Waals surface area contributed by atoms with Gasteiger partial charge in [0.15, 0.2) is 0 Å². The smallest absolute Gasteiger partial charge is 0.141 e. The first-order valence-electron chi connectivity index (χ1n) is 7.61. The fraction of sp³-hybridized carbons (Fsp3) is 0.647. The van der Waals surface area contributed by atoms with E-state index < -0.39 is 0 Å². The molecule has 2 atom stereocenters. The summed E-state index contributed by atoms with van der Waals surface area (Å²) < 4.78 is 5.50. The molecule has 0 aromatic heterocycles. The molecule has 0 saturated heterocycles. The van der Waals surface area contributed by atoms with E-state index in [9.17, 15) is 0 Å². The zero-order chi connectivity index (χ0) is 14.8. The predicted octanol–water partition coefficient (Wildman–Crippen LogP) is 3.53. The first-order chi connectivity index (χ1) is 9.45. The molecule has 1 aliphatic carbocycles. The Kier molecular flexibility index (Phi) is 4.59. The van der Waals surface area contributed by atoms with Crippen molar-refractivity contribution in [2.24, 2.45) is 11.7 Å². The molecule has 3 N–H and O–H groups in total. The van der Waals surface area contributed by atoms with Gasteiger partial charge in [-0.3, -0.25) is 0 Å². The van der Waals surface area contributed by atoms with Gasteiger partial charge in [0, 0.05) is 6.04 Å². The molecule has 1 aliphatic rings. The van der Waals surface area contributed by atoms with Crippen molar-refractivity contribution in [3.05, 3.63) is 23.8 Å². The first kappa shape index (κ1) is 15.2. The summed E-state index contributed by atoms with van der Waals surface area (Å²) in [5, 5.41) is 3.67. The van der Waals surface area contributed by atoms with Gasteiger partial charge in [-0.05, 0) is 48.4 Å². The maximum atomic E-state index is 5.88. The molecule has 1 aromatic rings. The second-order valence-corrected chi connectivity index (χ2v) is 6.84. The number of rotatable bonds is 4. The number of hydrogen-bond acceptors (Lipinski definition) is 3. The van der Waals surface area contributed by atoms with Crippen molar-refractivity contribution in [3.8, 4) is 5.75 Å². The summed E-state index contributed by atoms with van der Waals surface area (Å²) in [6.07, 6.45) is 3.70. The summed E-state index contributed by atoms with van der Waals surface area (Å²) in [6, 6.07) is 6.92. The van der Waals surface area contributed by atoms with Gasteiger partial charge >= 0.3 is 0 Å². The summed E-state index contributed by atoms with van der Waals surface area (Å²) in [4.78, 5) is 0. The molecule has 0 heterocycles. The lowest BCUT2D eigenvalue weighted by atomic mass is 9.86. The SMILES string of the molecule is COc1ccc(C(C)(C)C)cc1NC1CCCC1CN. The van der Waals surface area contributed by atoms with Crippen LogP contribution in [0.1, 0.15) is 45.6 Å². The zero-order valence-corrected chi connectivity index (χ0v) is 13.2. The molecule has 112 valence electrons. The quantitative estimate of drug-likeness (QED) is 0.884. The Morgan fingerprint density at radius 2 is 2.05 bits per heavy atom. The molecular weight excluding hydrogens is 248 g/mol. The average molecular weight is 276 g/mol. The fourth-order valence-electron chi connectivity index (χ4n) is 3.00. The largest absolute Gasteiger partial charge is 0.495 e. The third kappa shape index (κ3) is 3.26. The van der Waals surface area contributed by atoms with Crippen LogP contribution in [0.25, 0.3) is 0 Å². The van der Waals surface area contributed by atoms with E-state index in [1.807, 2.05) is 0 Å². The molecule has 1 aromatic carbocycles. The number of hydrogen-bond donors (Lipinski definition) is 2. The van der Waals surface area contributed by atoms with Crippen LogP contribution in [-0.2, 0) is 5.41 Å². The van der Waals surface area contributed by atoms with E-state index >= 15 is 0 Å². The van der Waals surface area contributed by atoms with Gasteiger partial charge in [-0.2, -0.15) is 0 Å². The average Bonchev–Trinajstić information content (AvgIpc) is 2.85. The Labute approximate surface area is 122 Å². The number of nitrogens with two attached hydrogens (primary N) is 1. The summed E-state index contributed by atoms with van der Waals surface area (Å²) >= 11 is 0. The van der Waals surface area contributed by atoms with Crippen molar-refractivity contribution < 1.29 is 4.74 Å². The maximum Gasteiger partial charge on any atom is 0.141 e. The van der Waals surface area contributed by atoms with Gasteiger partial charge in [-0.15, -0.1) is 0 Å². The molecule has 3 heteroatoms. The Hall–Kier alpha value is -1.22. The van der Waals surface area contributed by atoms with E-state index in [1.54, 1.807) is 7.11 Å². The Bertz CT molecular complexity index is 451. The Morgan fingerprint density at radius 3 is 2.65 bits per heavy atom. The molecule has 0 radical (unpaired) electrons.